The number of carboxylic acids is 1. The van der Waals surface area contributed by atoms with Crippen LogP contribution in [-0.4, -0.2) is 36.9 Å². The molecule has 1 N–H and O–H groups in total. The lowest BCUT2D eigenvalue weighted by Gasteiger charge is -2.21. The second kappa shape index (κ2) is 5.21. The molecular weight excluding hydrogens is 242 g/mol. The minimum Gasteiger partial charge on any atom is -0.481 e. The molecule has 2 heterocycles. The van der Waals surface area contributed by atoms with Gasteiger partial charge in [0.1, 0.15) is 5.92 Å². The zero-order valence-electron chi connectivity index (χ0n) is 10.9. The Kier molecular flexibility index (Phi) is 3.42. The number of hydrogen-bond acceptors (Lipinski definition) is 3. The summed E-state index contributed by atoms with van der Waals surface area (Å²) in [5.74, 6) is -1.12. The van der Waals surface area contributed by atoms with Gasteiger partial charge in [0.15, 0.2) is 0 Å². The zero-order chi connectivity index (χ0) is 13.2. The fraction of sp³-hybridized carbons (Fsp3) is 0.533. The number of benzene rings is 1. The molecule has 4 nitrogen and oxygen atoms in total. The number of nitrogens with zero attached hydrogens (tertiary/aromatic N) is 1. The summed E-state index contributed by atoms with van der Waals surface area (Å²) in [4.78, 5) is 13.5. The number of para-hydroxylation sites is 1. The standard InChI is InChI=1S/C15H19NO3/c17-15(18)13-10-16(8-7-11-4-3-9-19-11)14-6-2-1-5-12(13)14/h1-2,5-6,11,13H,3-4,7-10H2,(H,17,18). The normalized spacial score (nSPS) is 25.6. The van der Waals surface area contributed by atoms with Crippen molar-refractivity contribution >= 4 is 11.7 Å². The van der Waals surface area contributed by atoms with Gasteiger partial charge >= 0.3 is 5.97 Å². The average Bonchev–Trinajstić information content (AvgIpc) is 3.04. The van der Waals surface area contributed by atoms with E-state index in [-0.39, 0.29) is 5.92 Å². The lowest BCUT2D eigenvalue weighted by Crippen LogP contribution is -2.27. The molecule has 2 unspecified atom stereocenters. The van der Waals surface area contributed by atoms with Crippen LogP contribution in [0.15, 0.2) is 24.3 Å². The van der Waals surface area contributed by atoms with Gasteiger partial charge in [0, 0.05) is 25.4 Å². The quantitative estimate of drug-likeness (QED) is 0.903. The van der Waals surface area contributed by atoms with Gasteiger partial charge in [0.25, 0.3) is 0 Å². The lowest BCUT2D eigenvalue weighted by atomic mass is 10.0. The Labute approximate surface area is 113 Å². The van der Waals surface area contributed by atoms with E-state index in [0.717, 1.165) is 43.7 Å². The third-order valence-corrected chi connectivity index (χ3v) is 4.10. The van der Waals surface area contributed by atoms with E-state index in [4.69, 9.17) is 4.74 Å². The van der Waals surface area contributed by atoms with Crippen molar-refractivity contribution in [1.82, 2.24) is 0 Å². The molecule has 0 aromatic heterocycles. The van der Waals surface area contributed by atoms with Crippen LogP contribution in [0, 0.1) is 0 Å². The molecule has 0 aliphatic carbocycles. The maximum absolute atomic E-state index is 11.3. The summed E-state index contributed by atoms with van der Waals surface area (Å²) in [5.41, 5.74) is 2.02. The van der Waals surface area contributed by atoms with E-state index in [9.17, 15) is 9.90 Å². The van der Waals surface area contributed by atoms with Crippen molar-refractivity contribution in [2.75, 3.05) is 24.6 Å². The van der Waals surface area contributed by atoms with Gasteiger partial charge in [-0.3, -0.25) is 4.79 Å². The molecule has 1 saturated heterocycles. The highest BCUT2D eigenvalue weighted by Gasteiger charge is 2.33. The molecule has 102 valence electrons. The highest BCUT2D eigenvalue weighted by Crippen LogP contribution is 2.36. The van der Waals surface area contributed by atoms with Crippen molar-refractivity contribution in [2.45, 2.75) is 31.3 Å². The minimum atomic E-state index is -0.730. The van der Waals surface area contributed by atoms with Crippen LogP contribution in [0.1, 0.15) is 30.7 Å². The first-order chi connectivity index (χ1) is 9.25. The number of hydrogen-bond donors (Lipinski definition) is 1. The number of carbonyl (C=O) groups is 1. The Morgan fingerprint density at radius 2 is 2.26 bits per heavy atom. The van der Waals surface area contributed by atoms with E-state index in [1.807, 2.05) is 24.3 Å². The Morgan fingerprint density at radius 1 is 1.42 bits per heavy atom. The van der Waals surface area contributed by atoms with Crippen molar-refractivity contribution in [3.63, 3.8) is 0 Å². The predicted molar refractivity (Wildman–Crippen MR) is 72.6 cm³/mol. The molecule has 0 amide bonds. The Morgan fingerprint density at radius 3 is 3.00 bits per heavy atom. The summed E-state index contributed by atoms with van der Waals surface area (Å²) in [6.07, 6.45) is 3.63. The third kappa shape index (κ3) is 2.45. The number of aliphatic carboxylic acids is 1. The van der Waals surface area contributed by atoms with Crippen LogP contribution in [0.25, 0.3) is 0 Å². The summed E-state index contributed by atoms with van der Waals surface area (Å²) in [6.45, 7) is 2.34. The molecule has 1 aromatic carbocycles. The van der Waals surface area contributed by atoms with Crippen LogP contribution < -0.4 is 4.90 Å². The van der Waals surface area contributed by atoms with Gasteiger partial charge < -0.3 is 14.7 Å². The monoisotopic (exact) mass is 261 g/mol. The predicted octanol–water partition coefficient (Wildman–Crippen LogP) is 2.24. The molecule has 2 aliphatic rings. The van der Waals surface area contributed by atoms with E-state index in [1.54, 1.807) is 0 Å². The van der Waals surface area contributed by atoms with Crippen LogP contribution in [-0.2, 0) is 9.53 Å². The molecule has 0 bridgehead atoms. The van der Waals surface area contributed by atoms with Crippen LogP contribution in [0.5, 0.6) is 0 Å². The summed E-state index contributed by atoms with van der Waals surface area (Å²) in [5, 5.41) is 9.31. The number of rotatable bonds is 4. The first kappa shape index (κ1) is 12.5. The minimum absolute atomic E-state index is 0.357. The van der Waals surface area contributed by atoms with E-state index in [1.165, 1.54) is 0 Å². The first-order valence-corrected chi connectivity index (χ1v) is 6.94. The topological polar surface area (TPSA) is 49.8 Å². The molecule has 2 atom stereocenters. The number of ether oxygens (including phenoxy) is 1. The molecule has 3 rings (SSSR count). The van der Waals surface area contributed by atoms with Crippen molar-refractivity contribution in [3.05, 3.63) is 29.8 Å². The highest BCUT2D eigenvalue weighted by molar-refractivity contribution is 5.82. The smallest absolute Gasteiger partial charge is 0.312 e. The van der Waals surface area contributed by atoms with Gasteiger partial charge in [-0.15, -0.1) is 0 Å². The van der Waals surface area contributed by atoms with Crippen LogP contribution >= 0.6 is 0 Å². The Balaban J connectivity index is 1.71. The van der Waals surface area contributed by atoms with E-state index in [0.29, 0.717) is 12.6 Å². The third-order valence-electron chi connectivity index (χ3n) is 4.10. The first-order valence-electron chi connectivity index (χ1n) is 6.94. The van der Waals surface area contributed by atoms with Gasteiger partial charge in [-0.1, -0.05) is 18.2 Å². The highest BCUT2D eigenvalue weighted by atomic mass is 16.5. The molecular formula is C15H19NO3. The van der Waals surface area contributed by atoms with Gasteiger partial charge in [-0.25, -0.2) is 0 Å². The number of fused-ring (bicyclic) bond motifs is 1. The SMILES string of the molecule is O=C(O)C1CN(CCC2CCCO2)c2ccccc21. The summed E-state index contributed by atoms with van der Waals surface area (Å²) in [7, 11) is 0. The fourth-order valence-electron chi connectivity index (χ4n) is 3.08. The largest absolute Gasteiger partial charge is 0.481 e. The molecule has 2 aliphatic heterocycles. The maximum atomic E-state index is 11.3. The molecule has 19 heavy (non-hydrogen) atoms. The van der Waals surface area contributed by atoms with Crippen molar-refractivity contribution < 1.29 is 14.6 Å². The van der Waals surface area contributed by atoms with Gasteiger partial charge in [0.2, 0.25) is 0 Å². The van der Waals surface area contributed by atoms with Crippen LogP contribution in [0.3, 0.4) is 0 Å². The van der Waals surface area contributed by atoms with Crippen LogP contribution in [0.2, 0.25) is 0 Å². The molecule has 0 spiro atoms. The molecule has 1 fully saturated rings. The van der Waals surface area contributed by atoms with Crippen LogP contribution in [0.4, 0.5) is 5.69 Å². The van der Waals surface area contributed by atoms with E-state index < -0.39 is 5.97 Å². The van der Waals surface area contributed by atoms with Gasteiger partial charge in [-0.05, 0) is 30.9 Å². The molecule has 1 aromatic rings. The Hall–Kier alpha value is -1.55. The van der Waals surface area contributed by atoms with Gasteiger partial charge in [-0.2, -0.15) is 0 Å². The molecule has 4 heteroatoms. The number of anilines is 1. The van der Waals surface area contributed by atoms with E-state index in [2.05, 4.69) is 4.90 Å². The lowest BCUT2D eigenvalue weighted by molar-refractivity contribution is -0.138. The Bertz CT molecular complexity index is 468. The van der Waals surface area contributed by atoms with Gasteiger partial charge in [0.05, 0.1) is 6.10 Å². The zero-order valence-corrected chi connectivity index (χ0v) is 10.9. The number of carboxylic acid groups (broad SMARTS) is 1. The second-order valence-corrected chi connectivity index (χ2v) is 5.32. The molecule has 0 saturated carbocycles. The van der Waals surface area contributed by atoms with Crippen molar-refractivity contribution in [1.29, 1.82) is 0 Å². The molecule has 0 radical (unpaired) electrons. The average molecular weight is 261 g/mol. The van der Waals surface area contributed by atoms with E-state index >= 15 is 0 Å². The van der Waals surface area contributed by atoms with Crippen molar-refractivity contribution in [2.24, 2.45) is 0 Å². The second-order valence-electron chi connectivity index (χ2n) is 5.32. The summed E-state index contributed by atoms with van der Waals surface area (Å²) < 4.78 is 5.63. The summed E-state index contributed by atoms with van der Waals surface area (Å²) >= 11 is 0. The summed E-state index contributed by atoms with van der Waals surface area (Å²) in [6, 6.07) is 7.84. The fourth-order valence-corrected chi connectivity index (χ4v) is 3.08. The van der Waals surface area contributed by atoms with Crippen molar-refractivity contribution in [3.8, 4) is 0 Å². The maximum Gasteiger partial charge on any atom is 0.312 e.